The average molecular weight is 223 g/mol. The molecule has 0 aliphatic rings. The third-order valence-electron chi connectivity index (χ3n) is 2.35. The molecule has 80 valence electrons. The second kappa shape index (κ2) is 4.55. The number of rotatable bonds is 4. The first-order valence-electron chi connectivity index (χ1n) is 4.87. The van der Waals surface area contributed by atoms with Crippen molar-refractivity contribution in [2.24, 2.45) is 0 Å². The number of hydrogen-bond acceptors (Lipinski definition) is 5. The first-order valence-corrected chi connectivity index (χ1v) is 5.64. The molecule has 0 fully saturated rings. The van der Waals surface area contributed by atoms with Crippen LogP contribution in [0.25, 0.3) is 0 Å². The van der Waals surface area contributed by atoms with E-state index in [-0.39, 0.29) is 6.04 Å². The van der Waals surface area contributed by atoms with Crippen molar-refractivity contribution in [1.82, 2.24) is 14.9 Å². The number of hydrogen-bond donors (Lipinski definition) is 1. The Kier molecular flexibility index (Phi) is 3.13. The SMILES string of the molecule is CCc1nnsc1C(NC)c1ccoc1. The predicted molar refractivity (Wildman–Crippen MR) is 58.9 cm³/mol. The Bertz CT molecular complexity index is 410. The summed E-state index contributed by atoms with van der Waals surface area (Å²) in [6.45, 7) is 2.09. The summed E-state index contributed by atoms with van der Waals surface area (Å²) < 4.78 is 9.09. The molecule has 0 amide bonds. The maximum atomic E-state index is 5.09. The van der Waals surface area contributed by atoms with Gasteiger partial charge in [0, 0.05) is 5.56 Å². The van der Waals surface area contributed by atoms with E-state index in [0.29, 0.717) is 0 Å². The van der Waals surface area contributed by atoms with Gasteiger partial charge < -0.3 is 9.73 Å². The first-order chi connectivity index (χ1) is 7.36. The highest BCUT2D eigenvalue weighted by molar-refractivity contribution is 7.05. The lowest BCUT2D eigenvalue weighted by Crippen LogP contribution is -2.17. The highest BCUT2D eigenvalue weighted by Gasteiger charge is 2.19. The standard InChI is InChI=1S/C10H13N3OS/c1-3-8-10(15-13-12-8)9(11-2)7-4-5-14-6-7/h4-6,9,11H,3H2,1-2H3. The maximum Gasteiger partial charge on any atom is 0.0954 e. The van der Waals surface area contributed by atoms with Crippen molar-refractivity contribution in [2.45, 2.75) is 19.4 Å². The molecule has 0 saturated carbocycles. The molecule has 4 nitrogen and oxygen atoms in total. The fourth-order valence-corrected chi connectivity index (χ4v) is 2.45. The molecule has 0 bridgehead atoms. The summed E-state index contributed by atoms with van der Waals surface area (Å²) in [7, 11) is 1.93. The second-order valence-electron chi connectivity index (χ2n) is 3.22. The molecule has 0 saturated heterocycles. The number of aryl methyl sites for hydroxylation is 1. The Morgan fingerprint density at radius 1 is 1.60 bits per heavy atom. The van der Waals surface area contributed by atoms with E-state index in [4.69, 9.17) is 4.42 Å². The van der Waals surface area contributed by atoms with Gasteiger partial charge in [0.1, 0.15) is 0 Å². The maximum absolute atomic E-state index is 5.09. The molecule has 0 aromatic carbocycles. The van der Waals surface area contributed by atoms with Crippen molar-refractivity contribution < 1.29 is 4.42 Å². The topological polar surface area (TPSA) is 51.0 Å². The summed E-state index contributed by atoms with van der Waals surface area (Å²) >= 11 is 1.44. The van der Waals surface area contributed by atoms with Crippen LogP contribution in [0.3, 0.4) is 0 Å². The van der Waals surface area contributed by atoms with E-state index in [1.807, 2.05) is 13.1 Å². The fourth-order valence-electron chi connectivity index (χ4n) is 1.57. The van der Waals surface area contributed by atoms with Gasteiger partial charge >= 0.3 is 0 Å². The van der Waals surface area contributed by atoms with Gasteiger partial charge in [-0.3, -0.25) is 0 Å². The van der Waals surface area contributed by atoms with Gasteiger partial charge in [0.15, 0.2) is 0 Å². The minimum Gasteiger partial charge on any atom is -0.472 e. The molecule has 1 atom stereocenters. The van der Waals surface area contributed by atoms with Crippen LogP contribution in [0.15, 0.2) is 23.0 Å². The van der Waals surface area contributed by atoms with Crippen LogP contribution < -0.4 is 5.32 Å². The Balaban J connectivity index is 2.35. The lowest BCUT2D eigenvalue weighted by Gasteiger charge is -2.12. The van der Waals surface area contributed by atoms with Crippen molar-refractivity contribution in [3.63, 3.8) is 0 Å². The molecule has 2 aromatic rings. The zero-order valence-corrected chi connectivity index (χ0v) is 9.54. The Hall–Kier alpha value is -1.20. The van der Waals surface area contributed by atoms with E-state index in [1.165, 1.54) is 16.4 Å². The fraction of sp³-hybridized carbons (Fsp3) is 0.400. The number of nitrogens with one attached hydrogen (secondary N) is 1. The molecule has 0 aliphatic heterocycles. The molecule has 0 aliphatic carbocycles. The van der Waals surface area contributed by atoms with E-state index in [9.17, 15) is 0 Å². The zero-order valence-electron chi connectivity index (χ0n) is 8.73. The van der Waals surface area contributed by atoms with E-state index in [2.05, 4.69) is 21.8 Å². The minimum atomic E-state index is 0.138. The van der Waals surface area contributed by atoms with Crippen molar-refractivity contribution in [2.75, 3.05) is 7.05 Å². The summed E-state index contributed by atoms with van der Waals surface area (Å²) in [5.74, 6) is 0. The lowest BCUT2D eigenvalue weighted by atomic mass is 10.1. The average Bonchev–Trinajstić information content (AvgIpc) is 2.89. The van der Waals surface area contributed by atoms with Gasteiger partial charge in [-0.15, -0.1) is 5.10 Å². The van der Waals surface area contributed by atoms with Crippen molar-refractivity contribution in [3.05, 3.63) is 34.7 Å². The van der Waals surface area contributed by atoms with Crippen LogP contribution in [0, 0.1) is 0 Å². The normalized spacial score (nSPS) is 12.9. The lowest BCUT2D eigenvalue weighted by molar-refractivity contribution is 0.557. The van der Waals surface area contributed by atoms with Gasteiger partial charge in [-0.1, -0.05) is 11.4 Å². The van der Waals surface area contributed by atoms with Crippen LogP contribution in [0.2, 0.25) is 0 Å². The Morgan fingerprint density at radius 3 is 3.07 bits per heavy atom. The molecule has 2 heterocycles. The van der Waals surface area contributed by atoms with E-state index in [0.717, 1.165) is 17.7 Å². The monoisotopic (exact) mass is 223 g/mol. The summed E-state index contributed by atoms with van der Waals surface area (Å²) in [4.78, 5) is 1.17. The van der Waals surface area contributed by atoms with Crippen LogP contribution >= 0.6 is 11.5 Å². The van der Waals surface area contributed by atoms with Gasteiger partial charge in [-0.2, -0.15) is 0 Å². The Morgan fingerprint density at radius 2 is 2.47 bits per heavy atom. The molecule has 0 radical (unpaired) electrons. The molecular weight excluding hydrogens is 210 g/mol. The van der Waals surface area contributed by atoms with E-state index in [1.54, 1.807) is 12.5 Å². The van der Waals surface area contributed by atoms with Crippen molar-refractivity contribution in [3.8, 4) is 0 Å². The molecule has 0 spiro atoms. The Labute approximate surface area is 92.5 Å². The molecule has 1 unspecified atom stereocenters. The molecule has 15 heavy (non-hydrogen) atoms. The van der Waals surface area contributed by atoms with Crippen LogP contribution in [0.1, 0.15) is 29.1 Å². The molecule has 5 heteroatoms. The van der Waals surface area contributed by atoms with E-state index >= 15 is 0 Å². The number of furan rings is 1. The zero-order chi connectivity index (χ0) is 10.7. The molecule has 1 N–H and O–H groups in total. The van der Waals surface area contributed by atoms with Crippen LogP contribution in [0.5, 0.6) is 0 Å². The second-order valence-corrected chi connectivity index (χ2v) is 4.00. The highest BCUT2D eigenvalue weighted by Crippen LogP contribution is 2.27. The smallest absolute Gasteiger partial charge is 0.0954 e. The van der Waals surface area contributed by atoms with Crippen molar-refractivity contribution in [1.29, 1.82) is 0 Å². The molecule has 2 rings (SSSR count). The molecular formula is C10H13N3OS. The van der Waals surface area contributed by atoms with Crippen LogP contribution in [-0.2, 0) is 6.42 Å². The molecule has 2 aromatic heterocycles. The number of aromatic nitrogens is 2. The van der Waals surface area contributed by atoms with Crippen LogP contribution in [0.4, 0.5) is 0 Å². The summed E-state index contributed by atoms with van der Waals surface area (Å²) in [6.07, 6.45) is 4.34. The van der Waals surface area contributed by atoms with Gasteiger partial charge in [0.05, 0.1) is 29.1 Å². The first kappa shape index (κ1) is 10.3. The van der Waals surface area contributed by atoms with Gasteiger partial charge in [0.2, 0.25) is 0 Å². The quantitative estimate of drug-likeness (QED) is 0.861. The third kappa shape index (κ3) is 1.93. The highest BCUT2D eigenvalue weighted by atomic mass is 32.1. The van der Waals surface area contributed by atoms with Gasteiger partial charge in [-0.05, 0) is 31.1 Å². The number of nitrogens with zero attached hydrogens (tertiary/aromatic N) is 2. The van der Waals surface area contributed by atoms with Crippen molar-refractivity contribution >= 4 is 11.5 Å². The summed E-state index contributed by atoms with van der Waals surface area (Å²) in [5, 5.41) is 7.36. The summed E-state index contributed by atoms with van der Waals surface area (Å²) in [6, 6.07) is 2.10. The third-order valence-corrected chi connectivity index (χ3v) is 3.18. The minimum absolute atomic E-state index is 0.138. The van der Waals surface area contributed by atoms with Gasteiger partial charge in [-0.25, -0.2) is 0 Å². The predicted octanol–water partition coefficient (Wildman–Crippen LogP) is 2.00. The summed E-state index contributed by atoms with van der Waals surface area (Å²) in [5.41, 5.74) is 2.17. The van der Waals surface area contributed by atoms with E-state index < -0.39 is 0 Å². The largest absolute Gasteiger partial charge is 0.472 e. The van der Waals surface area contributed by atoms with Crippen LogP contribution in [-0.4, -0.2) is 16.6 Å². The van der Waals surface area contributed by atoms with Gasteiger partial charge in [0.25, 0.3) is 0 Å².